The predicted molar refractivity (Wildman–Crippen MR) is 51.3 cm³/mol. The average Bonchev–Trinajstić information content (AvgIpc) is 2.65. The Morgan fingerprint density at radius 2 is 2.00 bits per heavy atom. The van der Waals surface area contributed by atoms with Gasteiger partial charge in [0, 0.05) is 0 Å². The maximum Gasteiger partial charge on any atom is 0.265 e. The second-order valence-corrected chi connectivity index (χ2v) is 5.27. The van der Waals surface area contributed by atoms with E-state index in [1.807, 2.05) is 6.92 Å². The van der Waals surface area contributed by atoms with Crippen molar-refractivity contribution in [2.24, 2.45) is 5.92 Å². The van der Waals surface area contributed by atoms with Gasteiger partial charge in [0.25, 0.3) is 3.79 Å². The zero-order valence-corrected chi connectivity index (χ0v) is 8.88. The fourth-order valence-corrected chi connectivity index (χ4v) is 1.05. The molecule has 5 heteroatoms. The van der Waals surface area contributed by atoms with E-state index in [0.29, 0.717) is 5.92 Å². The second kappa shape index (κ2) is 3.60. The predicted octanol–water partition coefficient (Wildman–Crippen LogP) is 3.15. The highest BCUT2D eigenvalue weighted by Crippen LogP contribution is 2.36. The number of alkyl halides is 3. The summed E-state index contributed by atoms with van der Waals surface area (Å²) in [6.45, 7) is 1.89. The van der Waals surface area contributed by atoms with Gasteiger partial charge in [0.2, 0.25) is 5.90 Å². The van der Waals surface area contributed by atoms with Crippen molar-refractivity contribution in [2.45, 2.75) is 29.7 Å². The average molecular weight is 231 g/mol. The monoisotopic (exact) mass is 229 g/mol. The molecule has 0 amide bonds. The first kappa shape index (κ1) is 10.4. The van der Waals surface area contributed by atoms with Gasteiger partial charge in [-0.25, -0.2) is 0 Å². The molecule has 0 bridgehead atoms. The van der Waals surface area contributed by atoms with E-state index < -0.39 is 3.79 Å². The fourth-order valence-electron chi connectivity index (χ4n) is 0.915. The Balaban J connectivity index is 2.34. The summed E-state index contributed by atoms with van der Waals surface area (Å²) in [5.41, 5.74) is 0. The van der Waals surface area contributed by atoms with Gasteiger partial charge in [-0.3, -0.25) is 5.41 Å². The Morgan fingerprint density at radius 1 is 1.50 bits per heavy atom. The quantitative estimate of drug-likeness (QED) is 0.441. The highest BCUT2D eigenvalue weighted by molar-refractivity contribution is 6.76. The first-order valence-electron chi connectivity index (χ1n) is 3.73. The van der Waals surface area contributed by atoms with E-state index in [1.54, 1.807) is 0 Å². The number of hydrogen-bond acceptors (Lipinski definition) is 2. The standard InChI is InChI=1S/C7H10Cl3NO/c1-4(5-2-3-5)12-6(11)7(8,9)10/h4-5,11H,2-3H2,1H3/t4-/m0/s1. The van der Waals surface area contributed by atoms with Gasteiger partial charge in [0.05, 0.1) is 0 Å². The van der Waals surface area contributed by atoms with Crippen molar-refractivity contribution in [3.63, 3.8) is 0 Å². The Hall–Kier alpha value is 0.340. The van der Waals surface area contributed by atoms with E-state index in [0.717, 1.165) is 12.8 Å². The summed E-state index contributed by atoms with van der Waals surface area (Å²) in [7, 11) is 0. The number of halogens is 3. The molecule has 0 saturated heterocycles. The van der Waals surface area contributed by atoms with Crippen LogP contribution in [-0.4, -0.2) is 15.8 Å². The molecule has 1 aliphatic rings. The Bertz CT molecular complexity index is 186. The molecule has 0 aromatic rings. The van der Waals surface area contributed by atoms with E-state index in [2.05, 4.69) is 0 Å². The molecule has 0 unspecified atom stereocenters. The van der Waals surface area contributed by atoms with Crippen LogP contribution in [0, 0.1) is 11.3 Å². The number of rotatable bonds is 2. The van der Waals surface area contributed by atoms with Crippen molar-refractivity contribution in [2.75, 3.05) is 0 Å². The van der Waals surface area contributed by atoms with Crippen LogP contribution in [0.4, 0.5) is 0 Å². The van der Waals surface area contributed by atoms with Crippen LogP contribution >= 0.6 is 34.8 Å². The van der Waals surface area contributed by atoms with E-state index in [-0.39, 0.29) is 12.0 Å². The maximum absolute atomic E-state index is 7.27. The highest BCUT2D eigenvalue weighted by Gasteiger charge is 2.35. The molecule has 0 heterocycles. The first-order valence-corrected chi connectivity index (χ1v) is 4.87. The van der Waals surface area contributed by atoms with E-state index in [9.17, 15) is 0 Å². The molecule has 0 aromatic heterocycles. The lowest BCUT2D eigenvalue weighted by atomic mass is 10.3. The topological polar surface area (TPSA) is 33.1 Å². The number of nitrogens with one attached hydrogen (secondary N) is 1. The molecule has 1 aliphatic carbocycles. The van der Waals surface area contributed by atoms with E-state index in [1.165, 1.54) is 0 Å². The van der Waals surface area contributed by atoms with Gasteiger partial charge in [-0.1, -0.05) is 34.8 Å². The zero-order valence-electron chi connectivity index (χ0n) is 6.61. The lowest BCUT2D eigenvalue weighted by Crippen LogP contribution is -2.26. The molecular weight excluding hydrogens is 220 g/mol. The van der Waals surface area contributed by atoms with Crippen molar-refractivity contribution in [1.82, 2.24) is 0 Å². The molecular formula is C7H10Cl3NO. The minimum atomic E-state index is -1.72. The van der Waals surface area contributed by atoms with E-state index in [4.69, 9.17) is 44.9 Å². The third-order valence-electron chi connectivity index (χ3n) is 1.85. The molecule has 0 aromatic carbocycles. The van der Waals surface area contributed by atoms with Crippen LogP contribution < -0.4 is 0 Å². The molecule has 1 saturated carbocycles. The third-order valence-corrected chi connectivity index (χ3v) is 2.36. The van der Waals surface area contributed by atoms with Crippen LogP contribution in [0.25, 0.3) is 0 Å². The third kappa shape index (κ3) is 3.00. The van der Waals surface area contributed by atoms with E-state index >= 15 is 0 Å². The summed E-state index contributed by atoms with van der Waals surface area (Å²) in [4.78, 5) is 0. The summed E-state index contributed by atoms with van der Waals surface area (Å²) in [5, 5.41) is 7.27. The van der Waals surface area contributed by atoms with Gasteiger partial charge in [-0.15, -0.1) is 0 Å². The summed E-state index contributed by atoms with van der Waals surface area (Å²) in [6.07, 6.45) is 2.29. The van der Waals surface area contributed by atoms with Crippen LogP contribution in [0.2, 0.25) is 0 Å². The van der Waals surface area contributed by atoms with Crippen molar-refractivity contribution < 1.29 is 4.74 Å². The fraction of sp³-hybridized carbons (Fsp3) is 0.857. The van der Waals surface area contributed by atoms with Gasteiger partial charge < -0.3 is 4.74 Å². The molecule has 0 spiro atoms. The van der Waals surface area contributed by atoms with Gasteiger partial charge in [-0.2, -0.15) is 0 Å². The number of hydrogen-bond donors (Lipinski definition) is 1. The van der Waals surface area contributed by atoms with Crippen LogP contribution in [0.5, 0.6) is 0 Å². The molecule has 1 rings (SSSR count). The van der Waals surface area contributed by atoms with Crippen molar-refractivity contribution >= 4 is 40.7 Å². The number of ether oxygens (including phenoxy) is 1. The van der Waals surface area contributed by atoms with Crippen LogP contribution in [-0.2, 0) is 4.74 Å². The van der Waals surface area contributed by atoms with Gasteiger partial charge in [0.15, 0.2) is 0 Å². The zero-order chi connectivity index (χ0) is 9.35. The summed E-state index contributed by atoms with van der Waals surface area (Å²) < 4.78 is 3.41. The highest BCUT2D eigenvalue weighted by atomic mass is 35.6. The maximum atomic E-state index is 7.27. The molecule has 0 aliphatic heterocycles. The molecule has 1 N–H and O–H groups in total. The first-order chi connectivity index (χ1) is 5.41. The van der Waals surface area contributed by atoms with Gasteiger partial charge in [0.1, 0.15) is 6.10 Å². The Morgan fingerprint density at radius 3 is 2.33 bits per heavy atom. The van der Waals surface area contributed by atoms with Crippen LogP contribution in [0.3, 0.4) is 0 Å². The van der Waals surface area contributed by atoms with Gasteiger partial charge in [-0.05, 0) is 25.7 Å². The molecule has 1 fully saturated rings. The Labute approximate surface area is 86.6 Å². The summed E-state index contributed by atoms with van der Waals surface area (Å²) >= 11 is 16.3. The lowest BCUT2D eigenvalue weighted by Gasteiger charge is -2.18. The van der Waals surface area contributed by atoms with Crippen LogP contribution in [0.1, 0.15) is 19.8 Å². The van der Waals surface area contributed by atoms with Crippen molar-refractivity contribution in [1.29, 1.82) is 5.41 Å². The largest absolute Gasteiger partial charge is 0.475 e. The molecule has 12 heavy (non-hydrogen) atoms. The van der Waals surface area contributed by atoms with Crippen LogP contribution in [0.15, 0.2) is 0 Å². The lowest BCUT2D eigenvalue weighted by molar-refractivity contribution is 0.179. The van der Waals surface area contributed by atoms with Gasteiger partial charge >= 0.3 is 0 Å². The Kier molecular flexibility index (Phi) is 3.13. The molecule has 1 atom stereocenters. The molecule has 70 valence electrons. The molecule has 2 nitrogen and oxygen atoms in total. The summed E-state index contributed by atoms with van der Waals surface area (Å²) in [6, 6.07) is 0. The SMILES string of the molecule is C[C@H](OC(=N)C(Cl)(Cl)Cl)C1CC1. The minimum absolute atomic E-state index is 0.00637. The molecule has 0 radical (unpaired) electrons. The smallest absolute Gasteiger partial charge is 0.265 e. The summed E-state index contributed by atoms with van der Waals surface area (Å²) in [5.74, 6) is 0.254. The second-order valence-electron chi connectivity index (χ2n) is 2.99. The van der Waals surface area contributed by atoms with Crippen molar-refractivity contribution in [3.8, 4) is 0 Å². The van der Waals surface area contributed by atoms with Crippen molar-refractivity contribution in [3.05, 3.63) is 0 Å². The minimum Gasteiger partial charge on any atom is -0.475 e. The normalized spacial score (nSPS) is 20.3.